The molecule has 2 amide bonds. The Morgan fingerprint density at radius 2 is 1.58 bits per heavy atom. The molecule has 4 rings (SSSR count). The van der Waals surface area contributed by atoms with Crippen molar-refractivity contribution in [3.05, 3.63) is 89.7 Å². The van der Waals surface area contributed by atoms with E-state index in [1.807, 2.05) is 60.4 Å². The molecule has 0 unspecified atom stereocenters. The lowest BCUT2D eigenvalue weighted by atomic mass is 9.97. The summed E-state index contributed by atoms with van der Waals surface area (Å²) in [6, 6.07) is 19.0. The second-order valence-corrected chi connectivity index (χ2v) is 8.20. The van der Waals surface area contributed by atoms with E-state index in [1.54, 1.807) is 24.4 Å². The van der Waals surface area contributed by atoms with Crippen LogP contribution < -0.4 is 0 Å². The number of rotatable bonds is 7. The molecule has 6 nitrogen and oxygen atoms in total. The normalized spacial score (nSPS) is 16.2. The Morgan fingerprint density at radius 1 is 0.939 bits per heavy atom. The lowest BCUT2D eigenvalue weighted by Crippen LogP contribution is -2.59. The van der Waals surface area contributed by atoms with Gasteiger partial charge in [0.2, 0.25) is 5.91 Å². The van der Waals surface area contributed by atoms with Gasteiger partial charge in [-0.05, 0) is 53.4 Å². The molecule has 33 heavy (non-hydrogen) atoms. The number of amides is 2. The van der Waals surface area contributed by atoms with Crippen LogP contribution in [0.15, 0.2) is 73.1 Å². The molecule has 2 aromatic carbocycles. The van der Waals surface area contributed by atoms with Crippen LogP contribution in [0.2, 0.25) is 0 Å². The van der Waals surface area contributed by atoms with Crippen molar-refractivity contribution in [2.45, 2.75) is 26.0 Å². The molecule has 0 radical (unpaired) electrons. The minimum absolute atomic E-state index is 0.00585. The second-order valence-electron chi connectivity index (χ2n) is 8.20. The third-order valence-corrected chi connectivity index (χ3v) is 6.13. The van der Waals surface area contributed by atoms with Crippen molar-refractivity contribution in [1.29, 1.82) is 0 Å². The summed E-state index contributed by atoms with van der Waals surface area (Å²) in [5.41, 5.74) is 4.81. The minimum Gasteiger partial charge on any atom is -0.380 e. The first-order valence-electron chi connectivity index (χ1n) is 11.3. The molecule has 3 aromatic rings. The molecule has 0 N–H and O–H groups in total. The van der Waals surface area contributed by atoms with Gasteiger partial charge in [-0.25, -0.2) is 0 Å². The lowest BCUT2D eigenvalue weighted by molar-refractivity contribution is -0.139. The number of carbonyl (C=O) groups is 2. The van der Waals surface area contributed by atoms with E-state index in [0.717, 1.165) is 22.3 Å². The van der Waals surface area contributed by atoms with Gasteiger partial charge in [0.05, 0.1) is 6.61 Å². The fraction of sp³-hybridized carbons (Fsp3) is 0.296. The molecule has 0 bridgehead atoms. The molecule has 2 heterocycles. The number of piperazine rings is 1. The van der Waals surface area contributed by atoms with Gasteiger partial charge in [-0.1, -0.05) is 36.4 Å². The smallest absolute Gasteiger partial charge is 0.254 e. The second kappa shape index (κ2) is 10.4. The van der Waals surface area contributed by atoms with E-state index in [2.05, 4.69) is 17.1 Å². The van der Waals surface area contributed by atoms with Crippen molar-refractivity contribution < 1.29 is 14.3 Å². The quantitative estimate of drug-likeness (QED) is 0.557. The van der Waals surface area contributed by atoms with Gasteiger partial charge >= 0.3 is 0 Å². The Hall–Kier alpha value is -3.51. The van der Waals surface area contributed by atoms with Gasteiger partial charge in [0, 0.05) is 51.1 Å². The molecule has 1 atom stereocenters. The zero-order chi connectivity index (χ0) is 23.2. The molecule has 1 aromatic heterocycles. The first-order valence-corrected chi connectivity index (χ1v) is 11.3. The monoisotopic (exact) mass is 443 g/mol. The maximum Gasteiger partial charge on any atom is 0.254 e. The highest BCUT2D eigenvalue weighted by molar-refractivity contribution is 5.98. The molecule has 0 spiro atoms. The van der Waals surface area contributed by atoms with Crippen molar-refractivity contribution >= 4 is 11.8 Å². The van der Waals surface area contributed by atoms with Crippen molar-refractivity contribution in [3.63, 3.8) is 0 Å². The Morgan fingerprint density at radius 3 is 2.21 bits per heavy atom. The van der Waals surface area contributed by atoms with Gasteiger partial charge < -0.3 is 14.5 Å². The average Bonchev–Trinajstić information content (AvgIpc) is 2.86. The van der Waals surface area contributed by atoms with Crippen molar-refractivity contribution in [2.75, 3.05) is 26.7 Å². The first kappa shape index (κ1) is 22.7. The summed E-state index contributed by atoms with van der Waals surface area (Å²) < 4.78 is 5.15. The third kappa shape index (κ3) is 5.12. The summed E-state index contributed by atoms with van der Waals surface area (Å²) in [5.74, 6) is -0.104. The number of nitrogens with zero attached hydrogens (tertiary/aromatic N) is 3. The molecular formula is C27H29N3O3. The summed E-state index contributed by atoms with van der Waals surface area (Å²) >= 11 is 0. The molecule has 1 aliphatic rings. The van der Waals surface area contributed by atoms with Gasteiger partial charge in [0.15, 0.2) is 0 Å². The number of hydrogen-bond donors (Lipinski definition) is 0. The third-order valence-electron chi connectivity index (χ3n) is 6.13. The zero-order valence-corrected chi connectivity index (χ0v) is 19.1. The van der Waals surface area contributed by atoms with E-state index in [4.69, 9.17) is 4.74 Å². The number of benzene rings is 2. The van der Waals surface area contributed by atoms with Crippen LogP contribution >= 0.6 is 0 Å². The Bertz CT molecular complexity index is 1080. The molecule has 170 valence electrons. The lowest BCUT2D eigenvalue weighted by Gasteiger charge is -2.40. The summed E-state index contributed by atoms with van der Waals surface area (Å²) in [4.78, 5) is 34.2. The van der Waals surface area contributed by atoms with Crippen LogP contribution in [0.5, 0.6) is 0 Å². The van der Waals surface area contributed by atoms with Crippen LogP contribution in [0.3, 0.4) is 0 Å². The number of ether oxygens (including phenoxy) is 1. The summed E-state index contributed by atoms with van der Waals surface area (Å²) in [6.45, 7) is 4.20. The Labute approximate surface area is 194 Å². The van der Waals surface area contributed by atoms with Crippen LogP contribution in [-0.2, 0) is 22.6 Å². The van der Waals surface area contributed by atoms with Gasteiger partial charge in [-0.15, -0.1) is 0 Å². The number of likely N-dealkylation sites (N-methyl/N-ethyl adjacent to an activating group) is 1. The van der Waals surface area contributed by atoms with Gasteiger partial charge in [0.25, 0.3) is 5.91 Å². The van der Waals surface area contributed by atoms with Crippen molar-refractivity contribution in [1.82, 2.24) is 14.8 Å². The number of methoxy groups -OCH3 is 1. The first-order chi connectivity index (χ1) is 16.1. The number of pyridine rings is 1. The van der Waals surface area contributed by atoms with E-state index < -0.39 is 6.04 Å². The molecule has 1 fully saturated rings. The predicted octanol–water partition coefficient (Wildman–Crippen LogP) is 3.81. The van der Waals surface area contributed by atoms with Crippen LogP contribution in [0, 0.1) is 0 Å². The van der Waals surface area contributed by atoms with Crippen LogP contribution in [0.25, 0.3) is 11.1 Å². The largest absolute Gasteiger partial charge is 0.380 e. The maximum absolute atomic E-state index is 13.4. The van der Waals surface area contributed by atoms with E-state index in [-0.39, 0.29) is 11.8 Å². The highest BCUT2D eigenvalue weighted by Gasteiger charge is 2.37. The molecule has 1 aliphatic heterocycles. The van der Waals surface area contributed by atoms with Crippen LogP contribution in [-0.4, -0.2) is 59.4 Å². The fourth-order valence-corrected chi connectivity index (χ4v) is 4.27. The van der Waals surface area contributed by atoms with E-state index in [0.29, 0.717) is 38.2 Å². The van der Waals surface area contributed by atoms with E-state index in [9.17, 15) is 9.59 Å². The Kier molecular flexibility index (Phi) is 7.15. The number of carbonyl (C=O) groups excluding carboxylic acids is 2. The predicted molar refractivity (Wildman–Crippen MR) is 128 cm³/mol. The van der Waals surface area contributed by atoms with Gasteiger partial charge in [-0.3, -0.25) is 14.6 Å². The summed E-state index contributed by atoms with van der Waals surface area (Å²) in [5, 5.41) is 0. The molecule has 0 aliphatic carbocycles. The standard InChI is InChI=1S/C27H29N3O3/c1-3-29-16-17-30(26(31)24-10-6-21(7-11-24)19-33-2)25(27(29)32)18-20-4-8-22(9-5-20)23-12-14-28-15-13-23/h4-15,25H,3,16-19H2,1-2H3/t25-/m1/s1. The van der Waals surface area contributed by atoms with E-state index in [1.165, 1.54) is 0 Å². The average molecular weight is 444 g/mol. The molecule has 6 heteroatoms. The highest BCUT2D eigenvalue weighted by Crippen LogP contribution is 2.23. The molecule has 1 saturated heterocycles. The van der Waals surface area contributed by atoms with Gasteiger partial charge in [-0.2, -0.15) is 0 Å². The maximum atomic E-state index is 13.4. The fourth-order valence-electron chi connectivity index (χ4n) is 4.27. The summed E-state index contributed by atoms with van der Waals surface area (Å²) in [6.07, 6.45) is 4.03. The van der Waals surface area contributed by atoms with Crippen molar-refractivity contribution in [2.24, 2.45) is 0 Å². The minimum atomic E-state index is -0.517. The summed E-state index contributed by atoms with van der Waals surface area (Å²) in [7, 11) is 1.64. The van der Waals surface area contributed by atoms with Crippen molar-refractivity contribution in [3.8, 4) is 11.1 Å². The SMILES string of the molecule is CCN1CCN(C(=O)c2ccc(COC)cc2)[C@H](Cc2ccc(-c3ccncc3)cc2)C1=O. The molecule has 0 saturated carbocycles. The molecular weight excluding hydrogens is 414 g/mol. The number of aromatic nitrogens is 1. The number of hydrogen-bond acceptors (Lipinski definition) is 4. The highest BCUT2D eigenvalue weighted by atomic mass is 16.5. The van der Waals surface area contributed by atoms with E-state index >= 15 is 0 Å². The topological polar surface area (TPSA) is 62.7 Å². The Balaban J connectivity index is 1.55. The zero-order valence-electron chi connectivity index (χ0n) is 19.1. The van der Waals surface area contributed by atoms with Gasteiger partial charge in [0.1, 0.15) is 6.04 Å². The van der Waals surface area contributed by atoms with Crippen LogP contribution in [0.1, 0.15) is 28.4 Å². The van der Waals surface area contributed by atoms with Crippen LogP contribution in [0.4, 0.5) is 0 Å².